The van der Waals surface area contributed by atoms with Gasteiger partial charge in [-0.15, -0.1) is 18.3 Å². The molecule has 0 unspecified atom stereocenters. The Morgan fingerprint density at radius 2 is 1.71 bits per heavy atom. The zero-order valence-electron chi connectivity index (χ0n) is 23.1. The highest BCUT2D eigenvalue weighted by Crippen LogP contribution is 2.40. The molecule has 9 nitrogen and oxygen atoms in total. The largest absolute Gasteiger partial charge is 0.573 e. The number of thioether (sulfide) groups is 1. The Bertz CT molecular complexity index is 1740. The van der Waals surface area contributed by atoms with Gasteiger partial charge in [-0.2, -0.15) is 18.2 Å². The summed E-state index contributed by atoms with van der Waals surface area (Å²) in [5, 5.41) is 4.14. The molecule has 0 saturated carbocycles. The third kappa shape index (κ3) is 7.81. The molecule has 1 aliphatic heterocycles. The molecule has 1 aliphatic rings. The minimum Gasteiger partial charge on any atom is -0.448 e. The van der Waals surface area contributed by atoms with Crippen LogP contribution >= 0.6 is 11.8 Å². The molecule has 16 heteroatoms. The van der Waals surface area contributed by atoms with Crippen LogP contribution in [0.5, 0.6) is 5.75 Å². The van der Waals surface area contributed by atoms with Crippen LogP contribution in [0.1, 0.15) is 16.7 Å². The fourth-order valence-electron chi connectivity index (χ4n) is 4.26. The first-order valence-electron chi connectivity index (χ1n) is 13.0. The van der Waals surface area contributed by atoms with Crippen molar-refractivity contribution in [2.45, 2.75) is 25.9 Å². The van der Waals surface area contributed by atoms with Gasteiger partial charge in [0, 0.05) is 12.0 Å². The lowest BCUT2D eigenvalue weighted by molar-refractivity contribution is -0.274. The van der Waals surface area contributed by atoms with Crippen molar-refractivity contribution >= 4 is 34.6 Å². The van der Waals surface area contributed by atoms with E-state index >= 15 is 0 Å². The van der Waals surface area contributed by atoms with Crippen molar-refractivity contribution in [3.63, 3.8) is 0 Å². The van der Waals surface area contributed by atoms with Gasteiger partial charge in [0.25, 0.3) is 0 Å². The molecule has 1 aromatic heterocycles. The molecular weight excluding hydrogens is 628 g/mol. The van der Waals surface area contributed by atoms with Gasteiger partial charge in [0.2, 0.25) is 5.91 Å². The number of halogens is 6. The summed E-state index contributed by atoms with van der Waals surface area (Å²) in [5.74, 6) is -0.832. The van der Waals surface area contributed by atoms with Crippen LogP contribution in [-0.4, -0.2) is 50.7 Å². The average Bonchev–Trinajstić information content (AvgIpc) is 3.59. The highest BCUT2D eigenvalue weighted by atomic mass is 32.2. The molecule has 2 heterocycles. The lowest BCUT2D eigenvalue weighted by Crippen LogP contribution is -2.32. The summed E-state index contributed by atoms with van der Waals surface area (Å²) in [6, 6.07) is 15.5. The smallest absolute Gasteiger partial charge is 0.448 e. The van der Waals surface area contributed by atoms with Crippen molar-refractivity contribution in [1.29, 1.82) is 0 Å². The topological polar surface area (TPSA) is 98.9 Å². The van der Waals surface area contributed by atoms with Gasteiger partial charge in [0.15, 0.2) is 11.0 Å². The maximum absolute atomic E-state index is 13.6. The number of hydrogen-bond donors (Lipinski definition) is 0. The van der Waals surface area contributed by atoms with Crippen LogP contribution in [0.3, 0.4) is 0 Å². The number of carbonyl (C=O) groups is 2. The van der Waals surface area contributed by atoms with Crippen molar-refractivity contribution in [3.8, 4) is 22.8 Å². The Morgan fingerprint density at radius 3 is 2.38 bits per heavy atom. The number of amides is 2. The minimum atomic E-state index is -4.79. The summed E-state index contributed by atoms with van der Waals surface area (Å²) in [6.07, 6.45) is -8.88. The number of alkyl halides is 6. The van der Waals surface area contributed by atoms with E-state index in [4.69, 9.17) is 4.74 Å². The molecule has 3 aromatic carbocycles. The van der Waals surface area contributed by atoms with Crippen LogP contribution in [-0.2, 0) is 22.1 Å². The minimum absolute atomic E-state index is 0.0905. The quantitative estimate of drug-likeness (QED) is 0.199. The molecule has 0 spiro atoms. The van der Waals surface area contributed by atoms with E-state index in [9.17, 15) is 35.9 Å². The average molecular weight is 650 g/mol. The van der Waals surface area contributed by atoms with E-state index in [2.05, 4.69) is 19.8 Å². The molecule has 45 heavy (non-hydrogen) atoms. The van der Waals surface area contributed by atoms with E-state index in [1.165, 1.54) is 35.3 Å². The van der Waals surface area contributed by atoms with Crippen LogP contribution in [0.15, 0.2) is 78.0 Å². The van der Waals surface area contributed by atoms with Gasteiger partial charge in [-0.25, -0.2) is 14.5 Å². The Kier molecular flexibility index (Phi) is 8.86. The van der Waals surface area contributed by atoms with Crippen LogP contribution in [0.2, 0.25) is 0 Å². The van der Waals surface area contributed by atoms with Crippen LogP contribution in [0.4, 0.5) is 36.8 Å². The predicted octanol–water partition coefficient (Wildman–Crippen LogP) is 6.98. The molecule has 0 N–H and O–H groups in total. The first kappa shape index (κ1) is 31.6. The van der Waals surface area contributed by atoms with Gasteiger partial charge in [-0.1, -0.05) is 42.1 Å². The highest BCUT2D eigenvalue weighted by Gasteiger charge is 2.40. The number of hydrogen-bond acceptors (Lipinski definition) is 7. The monoisotopic (exact) mass is 649 g/mol. The molecule has 0 radical (unpaired) electrons. The summed E-state index contributed by atoms with van der Waals surface area (Å²) < 4.78 is 88.4. The van der Waals surface area contributed by atoms with E-state index < -0.39 is 35.8 Å². The fourth-order valence-corrected chi connectivity index (χ4v) is 5.11. The Morgan fingerprint density at radius 1 is 1.00 bits per heavy atom. The standard InChI is InChI=1S/C29H21F6N5O4S/c1-17-2-11-22(28(30,31)32)23(14-17)40-24(41)15-45-26(40)37-27(42)43-13-12-18-3-5-19(6-4-18)25-36-16-39(38-25)20-7-9-21(10-8-20)44-29(33,34)35/h2-11,14,16H,12-13,15H2,1H3/b37-26-. The number of amidine groups is 1. The van der Waals surface area contributed by atoms with Gasteiger partial charge in [0.05, 0.1) is 29.3 Å². The summed E-state index contributed by atoms with van der Waals surface area (Å²) >= 11 is 0.837. The first-order valence-corrected chi connectivity index (χ1v) is 14.0. The van der Waals surface area contributed by atoms with Crippen molar-refractivity contribution in [2.75, 3.05) is 17.3 Å². The zero-order valence-corrected chi connectivity index (χ0v) is 23.9. The van der Waals surface area contributed by atoms with E-state index in [1.54, 1.807) is 31.2 Å². The second-order valence-electron chi connectivity index (χ2n) is 9.55. The number of anilines is 1. The zero-order chi connectivity index (χ0) is 32.4. The molecule has 5 rings (SSSR count). The van der Waals surface area contributed by atoms with E-state index in [-0.39, 0.29) is 29.7 Å². The van der Waals surface area contributed by atoms with Crippen molar-refractivity contribution < 1.29 is 45.4 Å². The van der Waals surface area contributed by atoms with Gasteiger partial charge in [-0.05, 0) is 54.4 Å². The number of aromatic nitrogens is 3. The molecule has 1 fully saturated rings. The van der Waals surface area contributed by atoms with Gasteiger partial charge < -0.3 is 9.47 Å². The third-order valence-corrected chi connectivity index (χ3v) is 7.23. The SMILES string of the molecule is Cc1ccc(C(F)(F)F)c(N2C(=O)CS/C2=N\C(=O)OCCc2ccc(-c3ncn(-c4ccc(OC(F)(F)F)cc4)n3)cc2)c1. The number of ether oxygens (including phenoxy) is 2. The molecule has 4 aromatic rings. The fraction of sp³-hybridized carbons (Fsp3) is 0.207. The van der Waals surface area contributed by atoms with E-state index in [0.29, 0.717) is 22.6 Å². The molecule has 2 amide bonds. The lowest BCUT2D eigenvalue weighted by Gasteiger charge is -2.21. The number of carbonyl (C=O) groups excluding carboxylic acids is 2. The molecule has 0 bridgehead atoms. The van der Waals surface area contributed by atoms with Crippen molar-refractivity contribution in [3.05, 3.63) is 89.7 Å². The maximum atomic E-state index is 13.6. The normalized spacial score (nSPS) is 14.7. The Labute approximate surface area is 255 Å². The van der Waals surface area contributed by atoms with Crippen LogP contribution in [0, 0.1) is 6.92 Å². The van der Waals surface area contributed by atoms with Crippen LogP contribution in [0.25, 0.3) is 17.1 Å². The Balaban J connectivity index is 1.18. The maximum Gasteiger partial charge on any atom is 0.573 e. The molecule has 234 valence electrons. The summed E-state index contributed by atoms with van der Waals surface area (Å²) in [6.45, 7) is 1.49. The number of rotatable bonds is 7. The summed E-state index contributed by atoms with van der Waals surface area (Å²) in [5.41, 5.74) is 0.957. The van der Waals surface area contributed by atoms with Gasteiger partial charge >= 0.3 is 18.6 Å². The highest BCUT2D eigenvalue weighted by molar-refractivity contribution is 8.15. The Hall–Kier alpha value is -4.86. The first-order chi connectivity index (χ1) is 21.3. The van der Waals surface area contributed by atoms with Gasteiger partial charge in [0.1, 0.15) is 12.1 Å². The van der Waals surface area contributed by atoms with Crippen LogP contribution < -0.4 is 9.64 Å². The molecule has 1 saturated heterocycles. The predicted molar refractivity (Wildman–Crippen MR) is 152 cm³/mol. The third-order valence-electron chi connectivity index (χ3n) is 6.31. The summed E-state index contributed by atoms with van der Waals surface area (Å²) in [7, 11) is 0. The number of aryl methyl sites for hydroxylation is 1. The number of nitrogens with zero attached hydrogens (tertiary/aromatic N) is 5. The number of benzene rings is 3. The molecular formula is C29H21F6N5O4S. The van der Waals surface area contributed by atoms with E-state index in [0.717, 1.165) is 40.4 Å². The molecule has 0 aliphatic carbocycles. The second-order valence-corrected chi connectivity index (χ2v) is 10.5. The lowest BCUT2D eigenvalue weighted by atomic mass is 10.1. The van der Waals surface area contributed by atoms with Crippen molar-refractivity contribution in [1.82, 2.24) is 14.8 Å². The van der Waals surface area contributed by atoms with Gasteiger partial charge in [-0.3, -0.25) is 9.69 Å². The second kappa shape index (κ2) is 12.6. The van der Waals surface area contributed by atoms with E-state index in [1.807, 2.05) is 0 Å². The summed E-state index contributed by atoms with van der Waals surface area (Å²) in [4.78, 5) is 33.6. The number of aliphatic imine (C=N–C) groups is 1. The molecule has 0 atom stereocenters. The van der Waals surface area contributed by atoms with Crippen molar-refractivity contribution in [2.24, 2.45) is 4.99 Å².